The summed E-state index contributed by atoms with van der Waals surface area (Å²) in [6.45, 7) is 10.5. The summed E-state index contributed by atoms with van der Waals surface area (Å²) in [7, 11) is -2.20. The van der Waals surface area contributed by atoms with Crippen molar-refractivity contribution in [1.29, 1.82) is 0 Å². The van der Waals surface area contributed by atoms with Gasteiger partial charge in [0.15, 0.2) is 8.32 Å². The molecule has 0 aliphatic heterocycles. The Morgan fingerprint density at radius 2 is 1.90 bits per heavy atom. The lowest BCUT2D eigenvalue weighted by molar-refractivity contribution is -0.137. The third-order valence-electron chi connectivity index (χ3n) is 5.12. The number of hydrogen-bond donors (Lipinski definition) is 2. The quantitative estimate of drug-likeness (QED) is 0.221. The third-order valence-corrected chi connectivity index (χ3v) is 9.65. The van der Waals surface area contributed by atoms with E-state index in [1.807, 2.05) is 30.3 Å². The van der Waals surface area contributed by atoms with Crippen LogP contribution in [0.4, 0.5) is 4.79 Å². The number of aliphatic carboxylic acids is 1. The van der Waals surface area contributed by atoms with Crippen molar-refractivity contribution >= 4 is 20.4 Å². The van der Waals surface area contributed by atoms with Crippen LogP contribution >= 0.6 is 0 Å². The second-order valence-corrected chi connectivity index (χ2v) is 13.4. The van der Waals surface area contributed by atoms with Crippen LogP contribution in [0.15, 0.2) is 35.4 Å². The van der Waals surface area contributed by atoms with Crippen molar-refractivity contribution in [2.45, 2.75) is 70.5 Å². The first kappa shape index (κ1) is 25.5. The molecule has 1 amide bonds. The number of amides is 1. The van der Waals surface area contributed by atoms with Gasteiger partial charge in [-0.1, -0.05) is 56.2 Å². The minimum atomic E-state index is -2.20. The topological polar surface area (TPSA) is 134 Å². The first-order valence-corrected chi connectivity index (χ1v) is 12.7. The summed E-state index contributed by atoms with van der Waals surface area (Å²) in [5.41, 5.74) is 9.53. The molecule has 0 aliphatic rings. The molecule has 0 radical (unpaired) electrons. The smallest absolute Gasteiger partial charge is 0.407 e. The van der Waals surface area contributed by atoms with E-state index in [0.29, 0.717) is 0 Å². The Morgan fingerprint density at radius 3 is 2.43 bits per heavy atom. The number of ether oxygens (including phenoxy) is 1. The van der Waals surface area contributed by atoms with Crippen molar-refractivity contribution in [1.82, 2.24) is 5.32 Å². The van der Waals surface area contributed by atoms with E-state index in [0.717, 1.165) is 5.56 Å². The molecule has 2 atom stereocenters. The predicted molar refractivity (Wildman–Crippen MR) is 117 cm³/mol. The molecule has 0 fully saturated rings. The normalized spacial score (nSPS) is 13.6. The van der Waals surface area contributed by atoms with Gasteiger partial charge in [-0.15, -0.1) is 0 Å². The van der Waals surface area contributed by atoms with Gasteiger partial charge in [-0.2, -0.15) is 0 Å². The van der Waals surface area contributed by atoms with E-state index < -0.39 is 32.5 Å². The Balaban J connectivity index is 2.82. The molecule has 166 valence electrons. The minimum Gasteiger partial charge on any atom is -0.481 e. The van der Waals surface area contributed by atoms with Gasteiger partial charge in [0.25, 0.3) is 0 Å². The molecule has 0 bridgehead atoms. The zero-order valence-electron chi connectivity index (χ0n) is 18.3. The molecule has 30 heavy (non-hydrogen) atoms. The average molecular weight is 437 g/mol. The fourth-order valence-corrected chi connectivity index (χ4v) is 3.89. The van der Waals surface area contributed by atoms with Crippen molar-refractivity contribution in [3.8, 4) is 0 Å². The predicted octanol–water partition coefficient (Wildman–Crippen LogP) is 4.85. The Labute approximate surface area is 178 Å². The molecule has 10 heteroatoms. The van der Waals surface area contributed by atoms with Crippen LogP contribution in [-0.2, 0) is 20.6 Å². The number of carbonyl (C=O) groups is 2. The standard InChI is InChI=1S/C20H32N4O5Si/c1-20(2,3)30(4,5)29-17(13-22-24-21)11-16(12-18(25)26)23-19(27)28-14-15-9-7-6-8-10-15/h6-10,16-17H,11-14H2,1-5H3,(H,23,27)(H,25,26)/t16-,17-/m0/s1. The van der Waals surface area contributed by atoms with Gasteiger partial charge in [0, 0.05) is 11.0 Å². The van der Waals surface area contributed by atoms with E-state index in [-0.39, 0.29) is 31.0 Å². The van der Waals surface area contributed by atoms with E-state index in [2.05, 4.69) is 49.2 Å². The lowest BCUT2D eigenvalue weighted by Gasteiger charge is -2.39. The number of hydrogen-bond acceptors (Lipinski definition) is 5. The highest BCUT2D eigenvalue weighted by Crippen LogP contribution is 2.37. The van der Waals surface area contributed by atoms with Crippen LogP contribution in [0, 0.1) is 0 Å². The largest absolute Gasteiger partial charge is 0.481 e. The van der Waals surface area contributed by atoms with Gasteiger partial charge in [0.2, 0.25) is 0 Å². The van der Waals surface area contributed by atoms with Crippen LogP contribution in [-0.4, -0.2) is 44.2 Å². The number of carboxylic acids is 1. The number of nitrogens with one attached hydrogen (secondary N) is 1. The first-order valence-electron chi connectivity index (χ1n) is 9.82. The van der Waals surface area contributed by atoms with Gasteiger partial charge in [-0.05, 0) is 35.6 Å². The van der Waals surface area contributed by atoms with Crippen LogP contribution in [0.5, 0.6) is 0 Å². The molecular formula is C20H32N4O5Si. The fourth-order valence-electron chi connectivity index (χ4n) is 2.53. The van der Waals surface area contributed by atoms with Gasteiger partial charge >= 0.3 is 12.1 Å². The number of benzene rings is 1. The van der Waals surface area contributed by atoms with Crippen molar-refractivity contribution < 1.29 is 23.9 Å². The Bertz CT molecular complexity index is 745. The van der Waals surface area contributed by atoms with Crippen molar-refractivity contribution in [2.24, 2.45) is 5.11 Å². The lowest BCUT2D eigenvalue weighted by Crippen LogP contribution is -2.47. The van der Waals surface area contributed by atoms with E-state index in [4.69, 9.17) is 14.7 Å². The minimum absolute atomic E-state index is 0.0554. The van der Waals surface area contributed by atoms with Crippen LogP contribution in [0.2, 0.25) is 18.1 Å². The molecule has 0 aromatic heterocycles. The van der Waals surface area contributed by atoms with E-state index >= 15 is 0 Å². The van der Waals surface area contributed by atoms with E-state index in [1.54, 1.807) is 0 Å². The summed E-state index contributed by atoms with van der Waals surface area (Å²) >= 11 is 0. The highest BCUT2D eigenvalue weighted by molar-refractivity contribution is 6.74. The summed E-state index contributed by atoms with van der Waals surface area (Å²) in [6, 6.07) is 8.45. The second-order valence-electron chi connectivity index (χ2n) is 8.65. The van der Waals surface area contributed by atoms with Crippen LogP contribution in [0.1, 0.15) is 39.2 Å². The maximum absolute atomic E-state index is 12.2. The van der Waals surface area contributed by atoms with Gasteiger partial charge in [0.05, 0.1) is 19.1 Å². The molecule has 1 aromatic carbocycles. The molecule has 1 aromatic rings. The fraction of sp³-hybridized carbons (Fsp3) is 0.600. The summed E-state index contributed by atoms with van der Waals surface area (Å²) in [6.07, 6.45) is -1.33. The molecule has 0 spiro atoms. The van der Waals surface area contributed by atoms with Gasteiger partial charge in [0.1, 0.15) is 6.61 Å². The van der Waals surface area contributed by atoms with Crippen molar-refractivity contribution in [3.05, 3.63) is 46.3 Å². The van der Waals surface area contributed by atoms with Gasteiger partial charge in [-0.3, -0.25) is 4.79 Å². The molecule has 0 unspecified atom stereocenters. The van der Waals surface area contributed by atoms with Crippen molar-refractivity contribution in [3.63, 3.8) is 0 Å². The monoisotopic (exact) mass is 436 g/mol. The molecule has 0 saturated heterocycles. The van der Waals surface area contributed by atoms with E-state index in [9.17, 15) is 14.7 Å². The van der Waals surface area contributed by atoms with Gasteiger partial charge < -0.3 is 19.6 Å². The number of alkyl carbamates (subject to hydrolysis) is 1. The molecule has 9 nitrogen and oxygen atoms in total. The summed E-state index contributed by atoms with van der Waals surface area (Å²) in [5.74, 6) is -1.06. The summed E-state index contributed by atoms with van der Waals surface area (Å²) < 4.78 is 11.5. The molecule has 2 N–H and O–H groups in total. The molecule has 0 heterocycles. The maximum Gasteiger partial charge on any atom is 0.407 e. The molecule has 0 aliphatic carbocycles. The molecular weight excluding hydrogens is 404 g/mol. The van der Waals surface area contributed by atoms with Gasteiger partial charge in [-0.25, -0.2) is 4.79 Å². The number of carboxylic acid groups (broad SMARTS) is 1. The average Bonchev–Trinajstić information content (AvgIpc) is 2.63. The van der Waals surface area contributed by atoms with Crippen molar-refractivity contribution in [2.75, 3.05) is 6.54 Å². The highest BCUT2D eigenvalue weighted by atomic mass is 28.4. The third kappa shape index (κ3) is 9.30. The lowest BCUT2D eigenvalue weighted by atomic mass is 10.1. The SMILES string of the molecule is CC(C)(C)[Si](C)(C)O[C@H](CN=[N+]=[N-])C[C@@H](CC(=O)O)NC(=O)OCc1ccccc1. The first-order chi connectivity index (χ1) is 13.9. The molecule has 1 rings (SSSR count). The summed E-state index contributed by atoms with van der Waals surface area (Å²) in [4.78, 5) is 26.3. The number of azide groups is 1. The summed E-state index contributed by atoms with van der Waals surface area (Å²) in [5, 5.41) is 15.4. The highest BCUT2D eigenvalue weighted by Gasteiger charge is 2.39. The van der Waals surface area contributed by atoms with E-state index in [1.165, 1.54) is 0 Å². The Hall–Kier alpha value is -2.55. The van der Waals surface area contributed by atoms with Crippen LogP contribution in [0.3, 0.4) is 0 Å². The van der Waals surface area contributed by atoms with Crippen LogP contribution < -0.4 is 5.32 Å². The molecule has 0 saturated carbocycles. The van der Waals surface area contributed by atoms with Crippen LogP contribution in [0.25, 0.3) is 10.4 Å². The maximum atomic E-state index is 12.2. The second kappa shape index (κ2) is 11.6. The number of carbonyl (C=O) groups excluding carboxylic acids is 1. The zero-order valence-corrected chi connectivity index (χ0v) is 19.3. The number of nitrogens with zero attached hydrogens (tertiary/aromatic N) is 3. The number of rotatable bonds is 11. The Kier molecular flexibility index (Phi) is 9.84. The zero-order chi connectivity index (χ0) is 22.8. The Morgan fingerprint density at radius 1 is 1.27 bits per heavy atom.